The van der Waals surface area contributed by atoms with E-state index in [1.165, 1.54) is 5.56 Å². The molecule has 0 saturated carbocycles. The fourth-order valence-electron chi connectivity index (χ4n) is 2.55. The van der Waals surface area contributed by atoms with Gasteiger partial charge in [0.25, 0.3) is 0 Å². The quantitative estimate of drug-likeness (QED) is 0.582. The van der Waals surface area contributed by atoms with Crippen LogP contribution in [0.25, 0.3) is 0 Å². The van der Waals surface area contributed by atoms with E-state index < -0.39 is 0 Å². The third-order valence-electron chi connectivity index (χ3n) is 3.51. The summed E-state index contributed by atoms with van der Waals surface area (Å²) in [5.41, 5.74) is 3.21. The molecule has 2 aromatic carbocycles. The molecule has 0 amide bonds. The minimum Gasteiger partial charge on any atom is -0.624 e. The number of benzene rings is 2. The van der Waals surface area contributed by atoms with Crippen molar-refractivity contribution in [2.24, 2.45) is 0 Å². The molecule has 0 aromatic heterocycles. The van der Waals surface area contributed by atoms with Crippen molar-refractivity contribution in [2.45, 2.75) is 12.3 Å². The molecule has 0 bridgehead atoms. The van der Waals surface area contributed by atoms with Crippen LogP contribution in [0.15, 0.2) is 60.7 Å². The predicted molar refractivity (Wildman–Crippen MR) is 72.8 cm³/mol. The lowest BCUT2D eigenvalue weighted by Crippen LogP contribution is -2.08. The Kier molecular flexibility index (Phi) is 2.85. The van der Waals surface area contributed by atoms with Crippen molar-refractivity contribution in [1.82, 2.24) is 0 Å². The molecule has 0 unspecified atom stereocenters. The number of nitrogens with zero attached hydrogens (tertiary/aromatic N) is 1. The number of hydroxylamine groups is 1. The average molecular weight is 237 g/mol. The van der Waals surface area contributed by atoms with E-state index in [9.17, 15) is 5.21 Å². The fourth-order valence-corrected chi connectivity index (χ4v) is 2.55. The van der Waals surface area contributed by atoms with E-state index in [-0.39, 0.29) is 0 Å². The molecule has 2 nitrogen and oxygen atoms in total. The highest BCUT2D eigenvalue weighted by Crippen LogP contribution is 2.27. The molecular formula is C16H15NO. The van der Waals surface area contributed by atoms with Crippen LogP contribution in [0.1, 0.15) is 23.5 Å². The second kappa shape index (κ2) is 4.65. The lowest BCUT2D eigenvalue weighted by Gasteiger charge is -2.05. The van der Waals surface area contributed by atoms with Crippen molar-refractivity contribution >= 4 is 5.71 Å². The van der Waals surface area contributed by atoms with Crippen molar-refractivity contribution in [2.75, 3.05) is 6.54 Å². The summed E-state index contributed by atoms with van der Waals surface area (Å²) < 4.78 is 1.15. The van der Waals surface area contributed by atoms with Crippen molar-refractivity contribution in [3.63, 3.8) is 0 Å². The Balaban J connectivity index is 1.86. The highest BCUT2D eigenvalue weighted by Gasteiger charge is 2.30. The van der Waals surface area contributed by atoms with Crippen LogP contribution in [0.5, 0.6) is 0 Å². The Bertz CT molecular complexity index is 560. The highest BCUT2D eigenvalue weighted by atomic mass is 16.5. The summed E-state index contributed by atoms with van der Waals surface area (Å²) in [6.07, 6.45) is 0.831. The zero-order valence-electron chi connectivity index (χ0n) is 10.1. The van der Waals surface area contributed by atoms with Gasteiger partial charge in [0, 0.05) is 12.0 Å². The maximum Gasteiger partial charge on any atom is 0.195 e. The molecule has 1 aliphatic rings. The topological polar surface area (TPSA) is 26.1 Å². The smallest absolute Gasteiger partial charge is 0.195 e. The largest absolute Gasteiger partial charge is 0.624 e. The number of hydrogen-bond donors (Lipinski definition) is 0. The number of rotatable bonds is 2. The van der Waals surface area contributed by atoms with E-state index in [1.807, 2.05) is 48.5 Å². The highest BCUT2D eigenvalue weighted by molar-refractivity contribution is 5.98. The van der Waals surface area contributed by atoms with Crippen LogP contribution in [0.2, 0.25) is 0 Å². The Labute approximate surface area is 107 Å². The molecule has 0 aliphatic carbocycles. The van der Waals surface area contributed by atoms with Crippen LogP contribution in [0, 0.1) is 5.21 Å². The molecule has 1 atom stereocenters. The summed E-state index contributed by atoms with van der Waals surface area (Å²) in [5, 5.41) is 12.0. The second-order valence-electron chi connectivity index (χ2n) is 4.69. The van der Waals surface area contributed by atoms with Gasteiger partial charge < -0.3 is 5.21 Å². The van der Waals surface area contributed by atoms with Crippen molar-refractivity contribution in [1.29, 1.82) is 0 Å². The van der Waals surface area contributed by atoms with E-state index in [0.29, 0.717) is 12.5 Å². The first kappa shape index (κ1) is 11.0. The average Bonchev–Trinajstić information content (AvgIpc) is 2.83. The van der Waals surface area contributed by atoms with Gasteiger partial charge in [-0.3, -0.25) is 0 Å². The molecule has 1 aliphatic heterocycles. The van der Waals surface area contributed by atoms with E-state index >= 15 is 0 Å². The van der Waals surface area contributed by atoms with Gasteiger partial charge in [-0.25, -0.2) is 4.74 Å². The molecule has 3 rings (SSSR count). The third-order valence-corrected chi connectivity index (χ3v) is 3.51. The summed E-state index contributed by atoms with van der Waals surface area (Å²) in [6, 6.07) is 20.2. The Hall–Kier alpha value is -2.09. The lowest BCUT2D eigenvalue weighted by molar-refractivity contribution is -0.450. The summed E-state index contributed by atoms with van der Waals surface area (Å²) in [5.74, 6) is 0.318. The molecule has 0 fully saturated rings. The maximum absolute atomic E-state index is 12.0. The molecule has 0 N–H and O–H groups in total. The van der Waals surface area contributed by atoms with Gasteiger partial charge in [-0.15, -0.1) is 0 Å². The minimum atomic E-state index is 0.318. The molecule has 2 heteroatoms. The van der Waals surface area contributed by atoms with Gasteiger partial charge in [0.2, 0.25) is 0 Å². The normalized spacial score (nSPS) is 19.2. The molecule has 1 heterocycles. The monoisotopic (exact) mass is 237 g/mol. The summed E-state index contributed by atoms with van der Waals surface area (Å²) in [4.78, 5) is 0. The van der Waals surface area contributed by atoms with Gasteiger partial charge in [-0.2, -0.15) is 0 Å². The van der Waals surface area contributed by atoms with Crippen LogP contribution in [0.4, 0.5) is 0 Å². The van der Waals surface area contributed by atoms with Crippen LogP contribution < -0.4 is 0 Å². The molecule has 90 valence electrons. The first-order valence-electron chi connectivity index (χ1n) is 6.25. The summed E-state index contributed by atoms with van der Waals surface area (Å²) in [7, 11) is 0. The van der Waals surface area contributed by atoms with Gasteiger partial charge in [-0.1, -0.05) is 48.5 Å². The first-order valence-corrected chi connectivity index (χ1v) is 6.25. The molecule has 18 heavy (non-hydrogen) atoms. The third kappa shape index (κ3) is 2.02. The van der Waals surface area contributed by atoms with Crippen LogP contribution >= 0.6 is 0 Å². The zero-order chi connectivity index (χ0) is 12.4. The standard InChI is InChI=1S/C16H15NO/c18-17-12-15(13-7-3-1-4-8-13)11-16(17)14-9-5-2-6-10-14/h1-10,15H,11-12H2/t15-/m0/s1. The SMILES string of the molecule is [O-][N+]1=C(c2ccccc2)C[C@H](c2ccccc2)C1. The molecular weight excluding hydrogens is 222 g/mol. The van der Waals surface area contributed by atoms with Crippen LogP contribution in [-0.4, -0.2) is 17.0 Å². The Morgan fingerprint density at radius 1 is 0.889 bits per heavy atom. The van der Waals surface area contributed by atoms with Gasteiger partial charge in [0.15, 0.2) is 12.3 Å². The molecule has 2 aromatic rings. The lowest BCUT2D eigenvalue weighted by atomic mass is 9.94. The second-order valence-corrected chi connectivity index (χ2v) is 4.69. The van der Waals surface area contributed by atoms with E-state index in [0.717, 1.165) is 22.4 Å². The summed E-state index contributed by atoms with van der Waals surface area (Å²) in [6.45, 7) is 0.564. The molecule has 0 radical (unpaired) electrons. The van der Waals surface area contributed by atoms with Crippen molar-refractivity contribution < 1.29 is 4.74 Å². The van der Waals surface area contributed by atoms with Gasteiger partial charge in [0.1, 0.15) is 0 Å². The van der Waals surface area contributed by atoms with Gasteiger partial charge >= 0.3 is 0 Å². The first-order chi connectivity index (χ1) is 8.84. The van der Waals surface area contributed by atoms with E-state index in [2.05, 4.69) is 12.1 Å². The van der Waals surface area contributed by atoms with Crippen LogP contribution in [0.3, 0.4) is 0 Å². The zero-order valence-corrected chi connectivity index (χ0v) is 10.1. The predicted octanol–water partition coefficient (Wildman–Crippen LogP) is 3.17. The van der Waals surface area contributed by atoms with E-state index in [1.54, 1.807) is 0 Å². The van der Waals surface area contributed by atoms with Crippen LogP contribution in [-0.2, 0) is 0 Å². The van der Waals surface area contributed by atoms with Crippen molar-refractivity contribution in [3.05, 3.63) is 77.0 Å². The van der Waals surface area contributed by atoms with Gasteiger partial charge in [-0.05, 0) is 17.7 Å². The van der Waals surface area contributed by atoms with E-state index in [4.69, 9.17) is 0 Å². The molecule has 0 saturated heterocycles. The minimum absolute atomic E-state index is 0.318. The number of hydrogen-bond acceptors (Lipinski definition) is 1. The maximum atomic E-state index is 12.0. The Morgan fingerprint density at radius 3 is 2.17 bits per heavy atom. The van der Waals surface area contributed by atoms with Gasteiger partial charge in [0.05, 0.1) is 5.92 Å². The van der Waals surface area contributed by atoms with Crippen molar-refractivity contribution in [3.8, 4) is 0 Å². The summed E-state index contributed by atoms with van der Waals surface area (Å²) >= 11 is 0. The molecule has 0 spiro atoms. The fraction of sp³-hybridized carbons (Fsp3) is 0.188. The Morgan fingerprint density at radius 2 is 1.50 bits per heavy atom.